The molecule has 7 rings (SSSR count). The quantitative estimate of drug-likeness (QED) is 0.342. The maximum Gasteiger partial charge on any atom is 0.369 e. The van der Waals surface area contributed by atoms with E-state index in [0.29, 0.717) is 0 Å². The highest BCUT2D eigenvalue weighted by atomic mass is 15.3. The second-order valence-corrected chi connectivity index (χ2v) is 8.95. The molecule has 3 fully saturated rings. The van der Waals surface area contributed by atoms with Gasteiger partial charge in [-0.25, -0.2) is 0 Å². The van der Waals surface area contributed by atoms with Crippen LogP contribution < -0.4 is 9.13 Å². The maximum atomic E-state index is 2.75. The fourth-order valence-corrected chi connectivity index (χ4v) is 8.18. The van der Waals surface area contributed by atoms with E-state index in [2.05, 4.69) is 57.9 Å². The van der Waals surface area contributed by atoms with Crippen molar-refractivity contribution in [2.45, 2.75) is 120 Å². The van der Waals surface area contributed by atoms with Gasteiger partial charge in [-0.05, 0) is 43.9 Å². The van der Waals surface area contributed by atoms with Gasteiger partial charge in [-0.1, -0.05) is 82.4 Å². The Balaban J connectivity index is 0.000000531. The molecule has 0 N–H and O–H groups in total. The van der Waals surface area contributed by atoms with Crippen molar-refractivity contribution in [3.63, 3.8) is 0 Å². The average molecular weight is 469 g/mol. The molecule has 6 unspecified atom stereocenters. The first-order chi connectivity index (χ1) is 15.9. The lowest BCUT2D eigenvalue weighted by molar-refractivity contribution is -0.998. The zero-order valence-corrected chi connectivity index (χ0v) is 22.0. The molecule has 0 bridgehead atoms. The van der Waals surface area contributed by atoms with E-state index in [1.807, 2.05) is 55.4 Å². The number of rotatable bonds is 0. The average Bonchev–Trinajstić information content (AvgIpc) is 3.65. The molecule has 6 atom stereocenters. The fourth-order valence-electron chi connectivity index (χ4n) is 8.18. The number of hydrogen-bond acceptors (Lipinski definition) is 0. The minimum absolute atomic E-state index is 0. The summed E-state index contributed by atoms with van der Waals surface area (Å²) < 4.78 is 5.50. The molecule has 3 saturated carbocycles. The number of nitrogens with zero attached hydrogens (tertiary/aromatic N) is 2. The summed E-state index contributed by atoms with van der Waals surface area (Å²) in [6, 6.07) is 13.9. The Morgan fingerprint density at radius 2 is 0.971 bits per heavy atom. The van der Waals surface area contributed by atoms with Crippen LogP contribution in [0.25, 0.3) is 0 Å². The normalized spacial score (nSPS) is 32.9. The van der Waals surface area contributed by atoms with E-state index < -0.39 is 0 Å². The van der Waals surface area contributed by atoms with Gasteiger partial charge < -0.3 is 0 Å². The van der Waals surface area contributed by atoms with Crippen LogP contribution in [0, 0.1) is 23.7 Å². The number of pyridine rings is 2. The van der Waals surface area contributed by atoms with Gasteiger partial charge in [0.25, 0.3) is 0 Å². The van der Waals surface area contributed by atoms with Crippen molar-refractivity contribution in [2.24, 2.45) is 23.7 Å². The van der Waals surface area contributed by atoms with E-state index in [-0.39, 0.29) is 20.5 Å². The predicted molar refractivity (Wildman–Crippen MR) is 148 cm³/mol. The summed E-state index contributed by atoms with van der Waals surface area (Å²) in [7, 11) is 0. The predicted octanol–water partition coefficient (Wildman–Crippen LogP) is 8.49. The van der Waals surface area contributed by atoms with E-state index in [0.717, 1.165) is 35.5 Å². The van der Waals surface area contributed by atoms with Crippen molar-refractivity contribution in [1.29, 1.82) is 0 Å². The van der Waals surface area contributed by atoms with E-state index in [1.165, 1.54) is 32.1 Å². The molecular weight excluding hydrogens is 412 g/mol. The second-order valence-electron chi connectivity index (χ2n) is 8.95. The van der Waals surface area contributed by atoms with Crippen LogP contribution in [0.5, 0.6) is 0 Å². The fraction of sp³-hybridized carbons (Fsp3) is 0.688. The molecule has 5 aliphatic rings. The van der Waals surface area contributed by atoms with E-state index in [1.54, 1.807) is 11.4 Å². The molecule has 0 amide bonds. The molecule has 3 aliphatic carbocycles. The van der Waals surface area contributed by atoms with E-state index in [4.69, 9.17) is 0 Å². The van der Waals surface area contributed by atoms with Gasteiger partial charge in [0.2, 0.25) is 0 Å². The molecule has 0 aromatic carbocycles. The Morgan fingerprint density at radius 1 is 0.588 bits per heavy atom. The lowest BCUT2D eigenvalue weighted by Crippen LogP contribution is -2.77. The maximum absolute atomic E-state index is 2.75. The van der Waals surface area contributed by atoms with Gasteiger partial charge in [0.15, 0.2) is 23.8 Å². The van der Waals surface area contributed by atoms with Crippen LogP contribution in [-0.2, 0) is 5.66 Å². The molecule has 0 saturated heterocycles. The molecule has 4 heterocycles. The molecular formula is C32H56N2+2. The standard InChI is InChI=1S/C22H24N2.4C2H6.2CH4/c1-3-11-23-18(5-1)16-9-7-14-13-15-8-10-17-19-6-2-4-12-24(19)22(23,20(14)16)21(15)17;4*1-2;;/h1-6,11-12,14-17,20-21H,7-10,13H2;4*1-2H3;2*1H4/q+2;;;;;;. The highest BCUT2D eigenvalue weighted by Crippen LogP contribution is 2.68. The van der Waals surface area contributed by atoms with Crippen molar-refractivity contribution in [2.75, 3.05) is 0 Å². The molecule has 2 aliphatic heterocycles. The Morgan fingerprint density at radius 3 is 1.35 bits per heavy atom. The van der Waals surface area contributed by atoms with Crippen molar-refractivity contribution >= 4 is 0 Å². The summed E-state index contributed by atoms with van der Waals surface area (Å²) in [6.45, 7) is 16.0. The third-order valence-electron chi connectivity index (χ3n) is 8.48. The third-order valence-corrected chi connectivity index (χ3v) is 8.48. The van der Waals surface area contributed by atoms with Crippen molar-refractivity contribution in [3.05, 3.63) is 60.2 Å². The third kappa shape index (κ3) is 3.84. The number of aromatic nitrogens is 2. The molecule has 1 spiro atoms. The van der Waals surface area contributed by atoms with Crippen LogP contribution in [0.1, 0.15) is 126 Å². The molecule has 0 radical (unpaired) electrons. The highest BCUT2D eigenvalue weighted by molar-refractivity contribution is 5.24. The van der Waals surface area contributed by atoms with Crippen molar-refractivity contribution in [1.82, 2.24) is 0 Å². The summed E-state index contributed by atoms with van der Waals surface area (Å²) in [5.41, 5.74) is 3.46. The van der Waals surface area contributed by atoms with E-state index in [9.17, 15) is 0 Å². The van der Waals surface area contributed by atoms with Gasteiger partial charge in [-0.15, -0.1) is 9.13 Å². The first kappa shape index (κ1) is 30.3. The highest BCUT2D eigenvalue weighted by Gasteiger charge is 2.82. The van der Waals surface area contributed by atoms with Gasteiger partial charge in [-0.3, -0.25) is 0 Å². The Hall–Kier alpha value is -1.70. The minimum atomic E-state index is 0. The van der Waals surface area contributed by atoms with Crippen LogP contribution in [0.15, 0.2) is 48.8 Å². The molecule has 2 aromatic heterocycles. The lowest BCUT2D eigenvalue weighted by atomic mass is 9.62. The van der Waals surface area contributed by atoms with Crippen LogP contribution in [0.4, 0.5) is 0 Å². The number of hydrogen-bond donors (Lipinski definition) is 0. The van der Waals surface area contributed by atoms with Crippen molar-refractivity contribution in [3.8, 4) is 0 Å². The first-order valence-corrected chi connectivity index (χ1v) is 13.9. The largest absolute Gasteiger partial charge is 0.369 e. The van der Waals surface area contributed by atoms with Crippen molar-refractivity contribution < 1.29 is 9.13 Å². The minimum Gasteiger partial charge on any atom is -0.138 e. The van der Waals surface area contributed by atoms with Gasteiger partial charge in [0.05, 0.1) is 11.8 Å². The Bertz CT molecular complexity index is 801. The van der Waals surface area contributed by atoms with E-state index >= 15 is 0 Å². The van der Waals surface area contributed by atoms with Gasteiger partial charge >= 0.3 is 5.66 Å². The van der Waals surface area contributed by atoms with Gasteiger partial charge in [0, 0.05) is 24.3 Å². The molecule has 34 heavy (non-hydrogen) atoms. The van der Waals surface area contributed by atoms with Crippen LogP contribution >= 0.6 is 0 Å². The summed E-state index contributed by atoms with van der Waals surface area (Å²) in [6.07, 6.45) is 12.1. The topological polar surface area (TPSA) is 7.76 Å². The summed E-state index contributed by atoms with van der Waals surface area (Å²) in [5, 5.41) is 0. The number of fused-ring (bicyclic) bond motifs is 4. The zero-order chi connectivity index (χ0) is 23.5. The molecule has 2 heteroatoms. The summed E-state index contributed by atoms with van der Waals surface area (Å²) in [5.74, 6) is 5.11. The Labute approximate surface area is 212 Å². The SMILES string of the molecule is C.C.CC.CC.CC.CC.c1cc[n+]2c(c1)C1CCC3CC4CCC5c6cccc[n+]6C2(C31)C45. The van der Waals surface area contributed by atoms with Gasteiger partial charge in [-0.2, -0.15) is 0 Å². The van der Waals surface area contributed by atoms with Crippen LogP contribution in [-0.4, -0.2) is 0 Å². The lowest BCUT2D eigenvalue weighted by Gasteiger charge is -2.39. The molecule has 2 aromatic rings. The Kier molecular flexibility index (Phi) is 11.5. The van der Waals surface area contributed by atoms with Gasteiger partial charge in [0.1, 0.15) is 11.8 Å². The zero-order valence-electron chi connectivity index (χ0n) is 22.0. The molecule has 2 nitrogen and oxygen atoms in total. The summed E-state index contributed by atoms with van der Waals surface area (Å²) >= 11 is 0. The molecule has 192 valence electrons. The van der Waals surface area contributed by atoms with Crippen LogP contribution in [0.3, 0.4) is 0 Å². The first-order valence-electron chi connectivity index (χ1n) is 13.9. The van der Waals surface area contributed by atoms with Crippen LogP contribution in [0.2, 0.25) is 0 Å². The smallest absolute Gasteiger partial charge is 0.138 e. The second kappa shape index (κ2) is 12.8. The summed E-state index contributed by atoms with van der Waals surface area (Å²) in [4.78, 5) is 0. The monoisotopic (exact) mass is 468 g/mol.